The van der Waals surface area contributed by atoms with E-state index in [-0.39, 0.29) is 30.8 Å². The molecule has 1 unspecified atom stereocenters. The van der Waals surface area contributed by atoms with Crippen molar-refractivity contribution < 1.29 is 19.1 Å². The summed E-state index contributed by atoms with van der Waals surface area (Å²) >= 11 is 0. The van der Waals surface area contributed by atoms with Crippen molar-refractivity contribution in [2.24, 2.45) is 0 Å². The van der Waals surface area contributed by atoms with Crippen molar-refractivity contribution in [3.05, 3.63) is 18.5 Å². The van der Waals surface area contributed by atoms with Gasteiger partial charge in [0.1, 0.15) is 6.10 Å². The molecule has 7 heteroatoms. The van der Waals surface area contributed by atoms with Crippen molar-refractivity contribution in [3.63, 3.8) is 0 Å². The Morgan fingerprint density at radius 2 is 2.09 bits per heavy atom. The maximum absolute atomic E-state index is 12.1. The van der Waals surface area contributed by atoms with Crippen molar-refractivity contribution in [2.75, 3.05) is 19.7 Å². The van der Waals surface area contributed by atoms with Crippen LogP contribution in [0.2, 0.25) is 0 Å². The van der Waals surface area contributed by atoms with Crippen LogP contribution in [-0.2, 0) is 14.3 Å². The molecule has 0 N–H and O–H groups in total. The maximum Gasteiger partial charge on any atom is 0.316 e. The summed E-state index contributed by atoms with van der Waals surface area (Å²) in [6.45, 7) is 3.28. The van der Waals surface area contributed by atoms with Crippen LogP contribution in [0.25, 0.3) is 0 Å². The molecule has 1 saturated heterocycles. The molecule has 1 aromatic heterocycles. The van der Waals surface area contributed by atoms with Gasteiger partial charge in [-0.05, 0) is 25.8 Å². The molecule has 2 rings (SSSR count). The lowest BCUT2D eigenvalue weighted by atomic mass is 10.1. The largest absolute Gasteiger partial charge is 0.466 e. The Morgan fingerprint density at radius 3 is 2.82 bits per heavy atom. The van der Waals surface area contributed by atoms with Gasteiger partial charge < -0.3 is 14.4 Å². The van der Waals surface area contributed by atoms with E-state index in [4.69, 9.17) is 9.47 Å². The Bertz CT molecular complexity index is 495. The van der Waals surface area contributed by atoms with Crippen LogP contribution in [0.15, 0.2) is 18.5 Å². The summed E-state index contributed by atoms with van der Waals surface area (Å²) in [6, 6.07) is 2.05. The molecule has 0 saturated carbocycles. The van der Waals surface area contributed by atoms with Crippen LogP contribution in [-0.4, -0.2) is 52.5 Å². The number of aromatic nitrogens is 2. The van der Waals surface area contributed by atoms with Gasteiger partial charge in [-0.1, -0.05) is 0 Å². The van der Waals surface area contributed by atoms with Crippen LogP contribution in [0.1, 0.15) is 32.6 Å². The van der Waals surface area contributed by atoms with Crippen molar-refractivity contribution in [3.8, 4) is 6.01 Å². The van der Waals surface area contributed by atoms with Gasteiger partial charge >= 0.3 is 12.0 Å². The molecule has 1 aliphatic heterocycles. The van der Waals surface area contributed by atoms with Gasteiger partial charge in [-0.3, -0.25) is 9.59 Å². The molecular formula is C15H21N3O4. The minimum atomic E-state index is -0.335. The van der Waals surface area contributed by atoms with E-state index in [1.165, 1.54) is 0 Å². The zero-order valence-electron chi connectivity index (χ0n) is 12.7. The van der Waals surface area contributed by atoms with E-state index < -0.39 is 0 Å². The summed E-state index contributed by atoms with van der Waals surface area (Å²) in [7, 11) is 0. The highest BCUT2D eigenvalue weighted by atomic mass is 16.5. The molecule has 2 heterocycles. The minimum absolute atomic E-state index is 0.0460. The molecule has 7 nitrogen and oxygen atoms in total. The van der Waals surface area contributed by atoms with Gasteiger partial charge in [0.05, 0.1) is 19.6 Å². The van der Waals surface area contributed by atoms with Gasteiger partial charge in [-0.2, -0.15) is 0 Å². The predicted molar refractivity (Wildman–Crippen MR) is 78.1 cm³/mol. The first kappa shape index (κ1) is 16.2. The first-order valence-corrected chi connectivity index (χ1v) is 7.56. The predicted octanol–water partition coefficient (Wildman–Crippen LogP) is 1.19. The molecular weight excluding hydrogens is 286 g/mol. The number of piperidine rings is 1. The fourth-order valence-electron chi connectivity index (χ4n) is 2.36. The van der Waals surface area contributed by atoms with E-state index in [0.717, 1.165) is 12.8 Å². The van der Waals surface area contributed by atoms with Crippen LogP contribution in [0.3, 0.4) is 0 Å². The van der Waals surface area contributed by atoms with E-state index in [2.05, 4.69) is 9.97 Å². The number of carbonyl (C=O) groups is 2. The molecule has 120 valence electrons. The first-order valence-electron chi connectivity index (χ1n) is 7.56. The second-order valence-electron chi connectivity index (χ2n) is 5.06. The minimum Gasteiger partial charge on any atom is -0.466 e. The number of hydrogen-bond acceptors (Lipinski definition) is 6. The summed E-state index contributed by atoms with van der Waals surface area (Å²) in [5.41, 5.74) is 0. The Morgan fingerprint density at radius 1 is 1.32 bits per heavy atom. The van der Waals surface area contributed by atoms with Crippen molar-refractivity contribution >= 4 is 11.9 Å². The first-order chi connectivity index (χ1) is 10.7. The summed E-state index contributed by atoms with van der Waals surface area (Å²) in [4.78, 5) is 33.2. The highest BCUT2D eigenvalue weighted by molar-refractivity contribution is 5.81. The van der Waals surface area contributed by atoms with E-state index in [1.54, 1.807) is 30.3 Å². The number of ether oxygens (including phenoxy) is 2. The summed E-state index contributed by atoms with van der Waals surface area (Å²) < 4.78 is 10.5. The topological polar surface area (TPSA) is 81.6 Å². The summed E-state index contributed by atoms with van der Waals surface area (Å²) in [5, 5.41) is 0. The molecule has 0 aromatic carbocycles. The second-order valence-corrected chi connectivity index (χ2v) is 5.06. The monoisotopic (exact) mass is 307 g/mol. The van der Waals surface area contributed by atoms with E-state index in [1.807, 2.05) is 0 Å². The third kappa shape index (κ3) is 4.98. The number of amides is 1. The van der Waals surface area contributed by atoms with Crippen LogP contribution < -0.4 is 4.74 Å². The summed E-state index contributed by atoms with van der Waals surface area (Å²) in [5.74, 6) is -0.381. The molecule has 0 bridgehead atoms. The highest BCUT2D eigenvalue weighted by Crippen LogP contribution is 2.16. The summed E-state index contributed by atoms with van der Waals surface area (Å²) in [6.07, 6.45) is 5.15. The highest BCUT2D eigenvalue weighted by Gasteiger charge is 2.25. The third-order valence-corrected chi connectivity index (χ3v) is 3.39. The number of rotatable bonds is 6. The van der Waals surface area contributed by atoms with Gasteiger partial charge in [0, 0.05) is 25.4 Å². The Labute approximate surface area is 129 Å². The van der Waals surface area contributed by atoms with Crippen LogP contribution >= 0.6 is 0 Å². The standard InChI is InChI=1S/C15H21N3O4/c1-2-21-14(20)7-6-13(19)18-10-3-5-12(11-18)22-15-16-8-4-9-17-15/h4,8-9,12H,2-3,5-7,10-11H2,1H3. The molecule has 0 aliphatic carbocycles. The number of esters is 1. The Kier molecular flexibility index (Phi) is 6.12. The number of carbonyl (C=O) groups excluding carboxylic acids is 2. The van der Waals surface area contributed by atoms with Gasteiger partial charge in [0.15, 0.2) is 0 Å². The van der Waals surface area contributed by atoms with Gasteiger partial charge in [-0.15, -0.1) is 0 Å². The average molecular weight is 307 g/mol. The normalized spacial score (nSPS) is 17.9. The lowest BCUT2D eigenvalue weighted by molar-refractivity contribution is -0.146. The van der Waals surface area contributed by atoms with Crippen molar-refractivity contribution in [2.45, 2.75) is 38.7 Å². The lowest BCUT2D eigenvalue weighted by Gasteiger charge is -2.32. The quantitative estimate of drug-likeness (QED) is 0.734. The molecule has 0 spiro atoms. The van der Waals surface area contributed by atoms with Crippen molar-refractivity contribution in [1.82, 2.24) is 14.9 Å². The molecule has 0 radical (unpaired) electrons. The zero-order valence-corrected chi connectivity index (χ0v) is 12.7. The Balaban J connectivity index is 1.79. The van der Waals surface area contributed by atoms with Crippen LogP contribution in [0.4, 0.5) is 0 Å². The molecule has 1 aromatic rings. The second kappa shape index (κ2) is 8.31. The Hall–Kier alpha value is -2.18. The molecule has 1 amide bonds. The van der Waals surface area contributed by atoms with Gasteiger partial charge in [0.25, 0.3) is 0 Å². The van der Waals surface area contributed by atoms with E-state index in [0.29, 0.717) is 25.7 Å². The van der Waals surface area contributed by atoms with Crippen LogP contribution in [0, 0.1) is 0 Å². The lowest BCUT2D eigenvalue weighted by Crippen LogP contribution is -2.44. The van der Waals surface area contributed by atoms with Gasteiger partial charge in [-0.25, -0.2) is 9.97 Å². The maximum atomic E-state index is 12.1. The molecule has 1 fully saturated rings. The number of hydrogen-bond donors (Lipinski definition) is 0. The molecule has 1 atom stereocenters. The van der Waals surface area contributed by atoms with E-state index in [9.17, 15) is 9.59 Å². The number of nitrogens with zero attached hydrogens (tertiary/aromatic N) is 3. The van der Waals surface area contributed by atoms with E-state index >= 15 is 0 Å². The van der Waals surface area contributed by atoms with Crippen molar-refractivity contribution in [1.29, 1.82) is 0 Å². The number of likely N-dealkylation sites (tertiary alicyclic amines) is 1. The van der Waals surface area contributed by atoms with Gasteiger partial charge in [0.2, 0.25) is 5.91 Å². The smallest absolute Gasteiger partial charge is 0.316 e. The van der Waals surface area contributed by atoms with Crippen LogP contribution in [0.5, 0.6) is 6.01 Å². The fourth-order valence-corrected chi connectivity index (χ4v) is 2.36. The average Bonchev–Trinajstić information content (AvgIpc) is 2.54. The molecule has 1 aliphatic rings. The molecule has 22 heavy (non-hydrogen) atoms. The third-order valence-electron chi connectivity index (χ3n) is 3.39. The SMILES string of the molecule is CCOC(=O)CCC(=O)N1CCCC(Oc2ncccn2)C1. The fraction of sp³-hybridized carbons (Fsp3) is 0.600. The zero-order chi connectivity index (χ0) is 15.8.